The van der Waals surface area contributed by atoms with Crippen LogP contribution in [-0.2, 0) is 10.9 Å². The van der Waals surface area contributed by atoms with Crippen LogP contribution in [0.15, 0.2) is 23.3 Å². The monoisotopic (exact) mass is 261 g/mol. The number of hydrogen-bond donors (Lipinski definition) is 0. The molecule has 8 heteroatoms. The summed E-state index contributed by atoms with van der Waals surface area (Å²) >= 11 is 0. The molecule has 1 rings (SSSR count). The van der Waals surface area contributed by atoms with Gasteiger partial charge in [-0.3, -0.25) is 0 Å². The highest BCUT2D eigenvalue weighted by Gasteiger charge is 2.31. The average molecular weight is 261 g/mol. The van der Waals surface area contributed by atoms with Gasteiger partial charge in [-0.2, -0.15) is 13.2 Å². The lowest BCUT2D eigenvalue weighted by molar-refractivity contribution is -0.137. The van der Waals surface area contributed by atoms with Gasteiger partial charge in [-0.15, -0.1) is 0 Å². The van der Waals surface area contributed by atoms with E-state index in [0.29, 0.717) is 0 Å². The molecule has 1 aromatic rings. The van der Waals surface area contributed by atoms with Crippen LogP contribution in [0.5, 0.6) is 5.75 Å². The van der Waals surface area contributed by atoms with E-state index in [1.807, 2.05) is 0 Å². The van der Waals surface area contributed by atoms with Crippen LogP contribution in [0, 0.1) is 0 Å². The second kappa shape index (κ2) is 6.13. The van der Waals surface area contributed by atoms with Gasteiger partial charge in [0.1, 0.15) is 12.4 Å². The number of hydrogen-bond acceptors (Lipinski definition) is 3. The third-order valence-electron chi connectivity index (χ3n) is 1.93. The van der Waals surface area contributed by atoms with Gasteiger partial charge in [0, 0.05) is 17.7 Å². The van der Waals surface area contributed by atoms with Crippen LogP contribution in [-0.4, -0.2) is 20.3 Å². The number of alkyl halides is 3. The number of azide groups is 1. The minimum atomic E-state index is -4.53. The molecule has 0 atom stereocenters. The molecule has 0 spiro atoms. The van der Waals surface area contributed by atoms with Crippen molar-refractivity contribution in [3.63, 3.8) is 0 Å². The molecular formula is C10H10F3N3O2. The van der Waals surface area contributed by atoms with E-state index >= 15 is 0 Å². The van der Waals surface area contributed by atoms with Crippen LogP contribution in [0.2, 0.25) is 0 Å². The van der Waals surface area contributed by atoms with Crippen molar-refractivity contribution in [1.29, 1.82) is 0 Å². The van der Waals surface area contributed by atoms with E-state index < -0.39 is 11.7 Å². The van der Waals surface area contributed by atoms with Gasteiger partial charge in [0.15, 0.2) is 0 Å². The molecule has 0 radical (unpaired) electrons. The third kappa shape index (κ3) is 4.15. The molecule has 0 bridgehead atoms. The molecule has 0 amide bonds. The zero-order chi connectivity index (χ0) is 13.6. The molecule has 0 heterocycles. The summed E-state index contributed by atoms with van der Waals surface area (Å²) in [7, 11) is 1.45. The molecule has 0 N–H and O–H groups in total. The third-order valence-corrected chi connectivity index (χ3v) is 1.93. The Hall–Kier alpha value is -1.92. The van der Waals surface area contributed by atoms with Crippen molar-refractivity contribution in [3.05, 3.63) is 34.2 Å². The second-order valence-corrected chi connectivity index (χ2v) is 3.24. The van der Waals surface area contributed by atoms with Crippen molar-refractivity contribution in [1.82, 2.24) is 0 Å². The molecule has 5 nitrogen and oxygen atoms in total. The predicted octanol–water partition coefficient (Wildman–Crippen LogP) is 3.67. The lowest BCUT2D eigenvalue weighted by Gasteiger charge is -2.11. The minimum absolute atomic E-state index is 0.0238. The Morgan fingerprint density at radius 1 is 1.28 bits per heavy atom. The molecule has 1 aromatic carbocycles. The van der Waals surface area contributed by atoms with E-state index in [2.05, 4.69) is 10.0 Å². The van der Waals surface area contributed by atoms with Crippen molar-refractivity contribution in [2.24, 2.45) is 5.11 Å². The zero-order valence-electron chi connectivity index (χ0n) is 9.44. The predicted molar refractivity (Wildman–Crippen MR) is 57.6 cm³/mol. The highest BCUT2D eigenvalue weighted by atomic mass is 19.4. The van der Waals surface area contributed by atoms with Crippen molar-refractivity contribution < 1.29 is 22.6 Å². The molecule has 98 valence electrons. The lowest BCUT2D eigenvalue weighted by Crippen LogP contribution is -2.07. The Morgan fingerprint density at radius 3 is 2.56 bits per heavy atom. The van der Waals surface area contributed by atoms with Crippen molar-refractivity contribution in [2.45, 2.75) is 6.18 Å². The van der Waals surface area contributed by atoms with E-state index in [1.54, 1.807) is 0 Å². The van der Waals surface area contributed by atoms with Crippen LogP contribution < -0.4 is 4.74 Å². The van der Waals surface area contributed by atoms with Gasteiger partial charge >= 0.3 is 6.18 Å². The van der Waals surface area contributed by atoms with E-state index in [4.69, 9.17) is 15.0 Å². The minimum Gasteiger partial charge on any atom is -0.491 e. The first-order chi connectivity index (χ1) is 8.47. The van der Waals surface area contributed by atoms with Crippen LogP contribution in [0.1, 0.15) is 5.56 Å². The lowest BCUT2D eigenvalue weighted by atomic mass is 10.2. The molecule has 0 unspecified atom stereocenters. The standard InChI is InChI=1S/C10H10F3N3O2/c1-17-2-3-18-9-5-7(10(11,12)13)4-8(6-9)15-16-14/h4-6H,2-3H2,1H3. The van der Waals surface area contributed by atoms with Gasteiger partial charge in [0.25, 0.3) is 0 Å². The number of rotatable bonds is 5. The summed E-state index contributed by atoms with van der Waals surface area (Å²) in [4.78, 5) is 2.44. The maximum absolute atomic E-state index is 12.6. The summed E-state index contributed by atoms with van der Waals surface area (Å²) < 4.78 is 47.5. The Balaban J connectivity index is 3.02. The Morgan fingerprint density at radius 2 is 2.00 bits per heavy atom. The maximum Gasteiger partial charge on any atom is 0.416 e. The van der Waals surface area contributed by atoms with Crippen LogP contribution in [0.3, 0.4) is 0 Å². The van der Waals surface area contributed by atoms with Gasteiger partial charge in [-0.25, -0.2) is 0 Å². The summed E-state index contributed by atoms with van der Waals surface area (Å²) in [6.45, 7) is 0.348. The van der Waals surface area contributed by atoms with E-state index in [0.717, 1.165) is 12.1 Å². The van der Waals surface area contributed by atoms with E-state index in [1.165, 1.54) is 13.2 Å². The number of benzene rings is 1. The Kier molecular flexibility index (Phi) is 4.82. The van der Waals surface area contributed by atoms with E-state index in [-0.39, 0.29) is 24.7 Å². The van der Waals surface area contributed by atoms with Gasteiger partial charge in [0.2, 0.25) is 0 Å². The molecule has 0 fully saturated rings. The smallest absolute Gasteiger partial charge is 0.416 e. The first kappa shape index (κ1) is 14.1. The van der Waals surface area contributed by atoms with E-state index in [9.17, 15) is 13.2 Å². The van der Waals surface area contributed by atoms with Gasteiger partial charge in [-0.1, -0.05) is 5.11 Å². The van der Waals surface area contributed by atoms with Crippen LogP contribution >= 0.6 is 0 Å². The number of methoxy groups -OCH3 is 1. The van der Waals surface area contributed by atoms with Gasteiger partial charge in [-0.05, 0) is 23.7 Å². The summed E-state index contributed by atoms with van der Waals surface area (Å²) in [5.41, 5.74) is 7.15. The molecule has 18 heavy (non-hydrogen) atoms. The topological polar surface area (TPSA) is 67.2 Å². The number of ether oxygens (including phenoxy) is 2. The fourth-order valence-electron chi connectivity index (χ4n) is 1.18. The normalized spacial score (nSPS) is 10.9. The molecule has 0 saturated heterocycles. The molecule has 0 aliphatic rings. The molecule has 0 aliphatic carbocycles. The van der Waals surface area contributed by atoms with Crippen LogP contribution in [0.25, 0.3) is 10.4 Å². The number of nitrogens with zero attached hydrogens (tertiary/aromatic N) is 3. The number of halogens is 3. The maximum atomic E-state index is 12.6. The van der Waals surface area contributed by atoms with Gasteiger partial charge < -0.3 is 9.47 Å². The quantitative estimate of drug-likeness (QED) is 0.351. The highest BCUT2D eigenvalue weighted by Crippen LogP contribution is 2.35. The summed E-state index contributed by atoms with van der Waals surface area (Å²) in [6, 6.07) is 2.82. The Bertz CT molecular complexity index is 456. The fraction of sp³-hybridized carbons (Fsp3) is 0.400. The molecule has 0 saturated carbocycles. The first-order valence-corrected chi connectivity index (χ1v) is 4.86. The SMILES string of the molecule is COCCOc1cc(N=[N+]=[N-])cc(C(F)(F)F)c1. The van der Waals surface area contributed by atoms with Crippen molar-refractivity contribution in [2.75, 3.05) is 20.3 Å². The fourth-order valence-corrected chi connectivity index (χ4v) is 1.18. The summed E-state index contributed by atoms with van der Waals surface area (Å²) in [6.07, 6.45) is -4.53. The average Bonchev–Trinajstić information content (AvgIpc) is 2.28. The molecule has 0 aromatic heterocycles. The van der Waals surface area contributed by atoms with Crippen molar-refractivity contribution >= 4 is 5.69 Å². The molecule has 0 aliphatic heterocycles. The van der Waals surface area contributed by atoms with Gasteiger partial charge in [0.05, 0.1) is 12.2 Å². The second-order valence-electron chi connectivity index (χ2n) is 3.24. The van der Waals surface area contributed by atoms with Crippen molar-refractivity contribution in [3.8, 4) is 5.75 Å². The largest absolute Gasteiger partial charge is 0.491 e. The summed E-state index contributed by atoms with van der Waals surface area (Å²) in [5.74, 6) is -0.0238. The Labute approximate surface area is 101 Å². The highest BCUT2D eigenvalue weighted by molar-refractivity contribution is 5.47. The zero-order valence-corrected chi connectivity index (χ0v) is 9.44. The summed E-state index contributed by atoms with van der Waals surface area (Å²) in [5, 5.41) is 3.14. The molecular weight excluding hydrogens is 251 g/mol. The first-order valence-electron chi connectivity index (χ1n) is 4.86. The van der Waals surface area contributed by atoms with Crippen LogP contribution in [0.4, 0.5) is 18.9 Å².